The van der Waals surface area contributed by atoms with Crippen molar-refractivity contribution in [3.63, 3.8) is 0 Å². The fourth-order valence-electron chi connectivity index (χ4n) is 3.31. The lowest BCUT2D eigenvalue weighted by Gasteiger charge is -2.34. The molecule has 104 valence electrons. The van der Waals surface area contributed by atoms with Gasteiger partial charge in [0.25, 0.3) is 0 Å². The summed E-state index contributed by atoms with van der Waals surface area (Å²) in [6.07, 6.45) is 3.36. The summed E-state index contributed by atoms with van der Waals surface area (Å²) in [7, 11) is 0. The fourth-order valence-corrected chi connectivity index (χ4v) is 3.31. The highest BCUT2D eigenvalue weighted by molar-refractivity contribution is 5.49. The highest BCUT2D eigenvalue weighted by Gasteiger charge is 2.36. The zero-order chi connectivity index (χ0) is 13.8. The first kappa shape index (κ1) is 12.9. The van der Waals surface area contributed by atoms with E-state index >= 15 is 0 Å². The average molecular weight is 260 g/mol. The van der Waals surface area contributed by atoms with Crippen LogP contribution in [0, 0.1) is 5.41 Å². The smallest absolute Gasteiger partial charge is 0.216 e. The number of hydrogen-bond acceptors (Lipinski definition) is 3. The lowest BCUT2D eigenvalue weighted by atomic mass is 9.72. The van der Waals surface area contributed by atoms with E-state index < -0.39 is 0 Å². The van der Waals surface area contributed by atoms with Crippen LogP contribution in [0.2, 0.25) is 0 Å². The highest BCUT2D eigenvalue weighted by atomic mass is 16.3. The summed E-state index contributed by atoms with van der Waals surface area (Å²) < 4.78 is 0. The lowest BCUT2D eigenvalue weighted by molar-refractivity contribution is 0.309. The number of fused-ring (bicyclic) bond motifs is 1. The molecule has 0 radical (unpaired) electrons. The van der Waals surface area contributed by atoms with E-state index in [4.69, 9.17) is 0 Å². The van der Waals surface area contributed by atoms with Gasteiger partial charge in [0.2, 0.25) is 5.88 Å². The van der Waals surface area contributed by atoms with Crippen molar-refractivity contribution in [1.82, 2.24) is 10.3 Å². The summed E-state index contributed by atoms with van der Waals surface area (Å²) in [5.41, 5.74) is 5.32. The minimum atomic E-state index is 0.261. The number of rotatable bonds is 2. The van der Waals surface area contributed by atoms with Crippen LogP contribution in [0.5, 0.6) is 5.88 Å². The molecule has 1 atom stereocenters. The monoisotopic (exact) mass is 260 g/mol. The molecule has 2 heterocycles. The summed E-state index contributed by atoms with van der Waals surface area (Å²) in [6, 6.07) is 0.337. The van der Waals surface area contributed by atoms with E-state index in [1.807, 2.05) is 0 Å². The molecule has 1 aromatic heterocycles. The molecule has 2 aliphatic rings. The second-order valence-electron chi connectivity index (χ2n) is 7.15. The summed E-state index contributed by atoms with van der Waals surface area (Å²) in [5, 5.41) is 13.6. The van der Waals surface area contributed by atoms with Crippen LogP contribution in [0.4, 0.5) is 0 Å². The molecule has 0 saturated carbocycles. The van der Waals surface area contributed by atoms with Gasteiger partial charge < -0.3 is 10.4 Å². The summed E-state index contributed by atoms with van der Waals surface area (Å²) >= 11 is 0. The number of aromatic nitrogens is 1. The molecule has 1 aliphatic carbocycles. The first-order valence-corrected chi connectivity index (χ1v) is 7.37. The van der Waals surface area contributed by atoms with Crippen molar-refractivity contribution < 1.29 is 5.11 Å². The van der Waals surface area contributed by atoms with Gasteiger partial charge in [0.15, 0.2) is 0 Å². The zero-order valence-corrected chi connectivity index (χ0v) is 12.4. The maximum absolute atomic E-state index is 10.3. The van der Waals surface area contributed by atoms with Gasteiger partial charge in [-0.15, -0.1) is 0 Å². The van der Waals surface area contributed by atoms with Gasteiger partial charge in [-0.1, -0.05) is 27.7 Å². The van der Waals surface area contributed by atoms with Crippen LogP contribution >= 0.6 is 0 Å². The van der Waals surface area contributed by atoms with Crippen molar-refractivity contribution in [2.24, 2.45) is 5.41 Å². The van der Waals surface area contributed by atoms with Gasteiger partial charge in [-0.3, -0.25) is 0 Å². The predicted octanol–water partition coefficient (Wildman–Crippen LogP) is 3.07. The third-order valence-electron chi connectivity index (χ3n) is 4.48. The van der Waals surface area contributed by atoms with Gasteiger partial charge in [0, 0.05) is 12.1 Å². The molecular formula is C16H24N2O. The summed E-state index contributed by atoms with van der Waals surface area (Å²) in [4.78, 5) is 4.53. The molecule has 0 spiro atoms. The Kier molecular flexibility index (Phi) is 2.86. The molecule has 0 bridgehead atoms. The lowest BCUT2D eigenvalue weighted by Crippen LogP contribution is -2.25. The van der Waals surface area contributed by atoms with Crippen molar-refractivity contribution >= 4 is 0 Å². The number of nitrogens with zero attached hydrogens (tertiary/aromatic N) is 1. The topological polar surface area (TPSA) is 55.1 Å². The number of pyridine rings is 1. The summed E-state index contributed by atoms with van der Waals surface area (Å²) in [6.45, 7) is 9.98. The van der Waals surface area contributed by atoms with Gasteiger partial charge in [0.05, 0.1) is 11.7 Å². The van der Waals surface area contributed by atoms with Crippen LogP contribution in [-0.2, 0) is 12.8 Å². The summed E-state index contributed by atoms with van der Waals surface area (Å²) in [5.74, 6) is 0.631. The first-order chi connectivity index (χ1) is 8.89. The van der Waals surface area contributed by atoms with Crippen LogP contribution in [-0.4, -0.2) is 16.6 Å². The molecule has 3 nitrogen and oxygen atoms in total. The first-order valence-electron chi connectivity index (χ1n) is 7.37. The maximum Gasteiger partial charge on any atom is 0.216 e. The van der Waals surface area contributed by atoms with Crippen molar-refractivity contribution in [3.8, 4) is 5.88 Å². The zero-order valence-electron chi connectivity index (χ0n) is 12.4. The minimum absolute atomic E-state index is 0.261. The number of nitrogens with one attached hydrogen (secondary N) is 1. The SMILES string of the molecule is CC(C)c1nc(O)c(C2CN2)c2c1CC(C)(C)CC2. The molecular weight excluding hydrogens is 236 g/mol. The van der Waals surface area contributed by atoms with Gasteiger partial charge in [-0.05, 0) is 41.7 Å². The molecule has 3 heteroatoms. The third kappa shape index (κ3) is 2.25. The van der Waals surface area contributed by atoms with Crippen LogP contribution in [0.1, 0.15) is 68.5 Å². The standard InChI is InChI=1S/C16H24N2O/c1-9(2)14-11-7-16(3,4)6-5-10(11)13(12-8-17-12)15(19)18-14/h9,12,17H,5-8H2,1-4H3,(H,18,19). The van der Waals surface area contributed by atoms with Crippen molar-refractivity contribution in [2.45, 2.75) is 58.9 Å². The van der Waals surface area contributed by atoms with Crippen molar-refractivity contribution in [1.29, 1.82) is 0 Å². The molecule has 1 aliphatic heterocycles. The maximum atomic E-state index is 10.3. The van der Waals surface area contributed by atoms with Crippen LogP contribution in [0.3, 0.4) is 0 Å². The van der Waals surface area contributed by atoms with Gasteiger partial charge in [0.1, 0.15) is 0 Å². The Hall–Kier alpha value is -1.09. The van der Waals surface area contributed by atoms with E-state index in [0.717, 1.165) is 30.6 Å². The molecule has 19 heavy (non-hydrogen) atoms. The number of aromatic hydroxyl groups is 1. The third-order valence-corrected chi connectivity index (χ3v) is 4.48. The van der Waals surface area contributed by atoms with Crippen molar-refractivity contribution in [3.05, 3.63) is 22.4 Å². The minimum Gasteiger partial charge on any atom is -0.493 e. The molecule has 0 amide bonds. The Morgan fingerprint density at radius 2 is 2.00 bits per heavy atom. The van der Waals surface area contributed by atoms with Crippen LogP contribution in [0.15, 0.2) is 0 Å². The number of hydrogen-bond donors (Lipinski definition) is 2. The average Bonchev–Trinajstić information content (AvgIpc) is 3.11. The Balaban J connectivity index is 2.17. The van der Waals surface area contributed by atoms with E-state index in [0.29, 0.717) is 17.4 Å². The van der Waals surface area contributed by atoms with E-state index in [9.17, 15) is 5.11 Å². The molecule has 0 aromatic carbocycles. The highest BCUT2D eigenvalue weighted by Crippen LogP contribution is 2.44. The van der Waals surface area contributed by atoms with Gasteiger partial charge in [-0.2, -0.15) is 0 Å². The van der Waals surface area contributed by atoms with E-state index in [1.165, 1.54) is 17.5 Å². The van der Waals surface area contributed by atoms with Gasteiger partial charge in [-0.25, -0.2) is 4.98 Å². The van der Waals surface area contributed by atoms with Crippen molar-refractivity contribution in [2.75, 3.05) is 6.54 Å². The van der Waals surface area contributed by atoms with Crippen LogP contribution < -0.4 is 5.32 Å². The van der Waals surface area contributed by atoms with Crippen LogP contribution in [0.25, 0.3) is 0 Å². The van der Waals surface area contributed by atoms with E-state index in [1.54, 1.807) is 0 Å². The molecule has 1 saturated heterocycles. The largest absolute Gasteiger partial charge is 0.493 e. The van der Waals surface area contributed by atoms with E-state index in [-0.39, 0.29) is 5.88 Å². The Morgan fingerprint density at radius 1 is 1.32 bits per heavy atom. The second kappa shape index (κ2) is 4.20. The fraction of sp³-hybridized carbons (Fsp3) is 0.688. The predicted molar refractivity (Wildman–Crippen MR) is 76.5 cm³/mol. The van der Waals surface area contributed by atoms with Gasteiger partial charge >= 0.3 is 0 Å². The Labute approximate surface area is 115 Å². The second-order valence-corrected chi connectivity index (χ2v) is 7.15. The molecule has 2 N–H and O–H groups in total. The molecule has 3 rings (SSSR count). The Bertz CT molecular complexity index is 516. The normalized spacial score (nSPS) is 24.4. The molecule has 1 aromatic rings. The molecule has 1 unspecified atom stereocenters. The molecule has 1 fully saturated rings. The quantitative estimate of drug-likeness (QED) is 0.803. The Morgan fingerprint density at radius 3 is 2.58 bits per heavy atom. The van der Waals surface area contributed by atoms with E-state index in [2.05, 4.69) is 38.0 Å².